The number of carboxylic acids is 1. The molecule has 2 N–H and O–H groups in total. The van der Waals surface area contributed by atoms with E-state index in [0.29, 0.717) is 12.8 Å². The van der Waals surface area contributed by atoms with Crippen LogP contribution in [-0.2, 0) is 16.0 Å². The molecule has 1 aromatic rings. The third-order valence-electron chi connectivity index (χ3n) is 3.44. The van der Waals surface area contributed by atoms with E-state index in [1.54, 1.807) is 0 Å². The summed E-state index contributed by atoms with van der Waals surface area (Å²) in [6.45, 7) is 2.02. The smallest absolute Gasteiger partial charge is 0.326 e. The summed E-state index contributed by atoms with van der Waals surface area (Å²) in [5, 5.41) is 11.7. The van der Waals surface area contributed by atoms with Crippen LogP contribution in [0.4, 0.5) is 0 Å². The lowest BCUT2D eigenvalue weighted by molar-refractivity contribution is -0.142. The van der Waals surface area contributed by atoms with E-state index >= 15 is 0 Å². The van der Waals surface area contributed by atoms with Crippen LogP contribution in [0.3, 0.4) is 0 Å². The molecule has 0 saturated heterocycles. The highest BCUT2D eigenvalue weighted by atomic mass is 16.4. The van der Waals surface area contributed by atoms with Crippen molar-refractivity contribution < 1.29 is 14.7 Å². The first-order chi connectivity index (χ1) is 9.06. The summed E-state index contributed by atoms with van der Waals surface area (Å²) in [6, 6.07) is 7.32. The third-order valence-corrected chi connectivity index (χ3v) is 3.44. The fraction of sp³-hybridized carbons (Fsp3) is 0.467. The highest BCUT2D eigenvalue weighted by molar-refractivity contribution is 5.84. The Morgan fingerprint density at radius 1 is 1.32 bits per heavy atom. The van der Waals surface area contributed by atoms with Gasteiger partial charge in [-0.25, -0.2) is 4.79 Å². The van der Waals surface area contributed by atoms with Crippen molar-refractivity contribution in [2.45, 2.75) is 38.6 Å². The van der Waals surface area contributed by atoms with Gasteiger partial charge in [-0.3, -0.25) is 4.79 Å². The average molecular weight is 261 g/mol. The summed E-state index contributed by atoms with van der Waals surface area (Å²) >= 11 is 0. The van der Waals surface area contributed by atoms with E-state index in [0.717, 1.165) is 18.4 Å². The summed E-state index contributed by atoms with van der Waals surface area (Å²) in [5.41, 5.74) is 2.28. The van der Waals surface area contributed by atoms with E-state index in [1.165, 1.54) is 5.56 Å². The topological polar surface area (TPSA) is 66.4 Å². The number of hydrogen-bond acceptors (Lipinski definition) is 2. The number of carbonyl (C=O) groups is 2. The quantitative estimate of drug-likeness (QED) is 0.822. The van der Waals surface area contributed by atoms with E-state index in [1.807, 2.05) is 31.2 Å². The van der Waals surface area contributed by atoms with Crippen LogP contribution in [0.5, 0.6) is 0 Å². The largest absolute Gasteiger partial charge is 0.480 e. The number of aliphatic carboxylic acids is 1. The fourth-order valence-electron chi connectivity index (χ4n) is 2.07. The monoisotopic (exact) mass is 261 g/mol. The molecular weight excluding hydrogens is 242 g/mol. The molecule has 4 nitrogen and oxygen atoms in total. The number of rotatable bonds is 6. The van der Waals surface area contributed by atoms with E-state index in [4.69, 9.17) is 5.11 Å². The summed E-state index contributed by atoms with van der Waals surface area (Å²) in [5.74, 6) is -0.980. The maximum atomic E-state index is 11.8. The molecule has 4 heteroatoms. The van der Waals surface area contributed by atoms with Gasteiger partial charge in [-0.2, -0.15) is 0 Å². The van der Waals surface area contributed by atoms with Gasteiger partial charge in [0.15, 0.2) is 0 Å². The summed E-state index contributed by atoms with van der Waals surface area (Å²) in [7, 11) is 0. The van der Waals surface area contributed by atoms with Crippen LogP contribution < -0.4 is 5.32 Å². The van der Waals surface area contributed by atoms with Gasteiger partial charge in [-0.1, -0.05) is 29.8 Å². The Balaban J connectivity index is 1.80. The van der Waals surface area contributed by atoms with Crippen LogP contribution in [0.2, 0.25) is 0 Å². The second-order valence-corrected chi connectivity index (χ2v) is 5.21. The molecule has 0 radical (unpaired) electrons. The Morgan fingerprint density at radius 2 is 1.95 bits per heavy atom. The zero-order valence-corrected chi connectivity index (χ0v) is 11.1. The minimum atomic E-state index is -0.925. The zero-order valence-electron chi connectivity index (χ0n) is 11.1. The van der Waals surface area contributed by atoms with Crippen molar-refractivity contribution in [3.05, 3.63) is 35.4 Å². The molecule has 1 unspecified atom stereocenters. The van der Waals surface area contributed by atoms with Gasteiger partial charge < -0.3 is 10.4 Å². The second-order valence-electron chi connectivity index (χ2n) is 5.21. The minimum absolute atomic E-state index is 0.126. The number of carbonyl (C=O) groups excluding carboxylic acids is 1. The molecule has 0 bridgehead atoms. The average Bonchev–Trinajstić information content (AvgIpc) is 3.19. The molecule has 102 valence electrons. The maximum absolute atomic E-state index is 11.8. The normalized spacial score (nSPS) is 15.8. The first-order valence-electron chi connectivity index (χ1n) is 6.64. The predicted octanol–water partition coefficient (Wildman–Crippen LogP) is 1.91. The Hall–Kier alpha value is -1.84. The highest BCUT2D eigenvalue weighted by Crippen LogP contribution is 2.32. The van der Waals surface area contributed by atoms with Gasteiger partial charge in [-0.05, 0) is 37.7 Å². The molecule has 1 saturated carbocycles. The minimum Gasteiger partial charge on any atom is -0.480 e. The van der Waals surface area contributed by atoms with Gasteiger partial charge >= 0.3 is 5.97 Å². The van der Waals surface area contributed by atoms with Crippen molar-refractivity contribution in [3.8, 4) is 0 Å². The molecule has 0 aromatic heterocycles. The first kappa shape index (κ1) is 13.6. The lowest BCUT2D eigenvalue weighted by atomic mass is 10.1. The van der Waals surface area contributed by atoms with Gasteiger partial charge in [-0.15, -0.1) is 0 Å². The van der Waals surface area contributed by atoms with Crippen LogP contribution in [0, 0.1) is 12.8 Å². The van der Waals surface area contributed by atoms with Crippen LogP contribution in [-0.4, -0.2) is 23.0 Å². The summed E-state index contributed by atoms with van der Waals surface area (Å²) in [6.07, 6.45) is 2.77. The SMILES string of the molecule is Cc1ccc(CCC(=O)NC(C(=O)O)C2CC2)cc1. The number of aryl methyl sites for hydroxylation is 2. The molecule has 0 heterocycles. The standard InChI is InChI=1S/C15H19NO3/c1-10-2-4-11(5-3-10)6-9-13(17)16-14(15(18)19)12-7-8-12/h2-5,12,14H,6-9H2,1H3,(H,16,17)(H,18,19). The summed E-state index contributed by atoms with van der Waals surface area (Å²) < 4.78 is 0. The van der Waals surface area contributed by atoms with Crippen molar-refractivity contribution >= 4 is 11.9 Å². The molecule has 1 aliphatic carbocycles. The molecule has 1 aromatic carbocycles. The molecule has 1 atom stereocenters. The lowest BCUT2D eigenvalue weighted by Crippen LogP contribution is -2.42. The highest BCUT2D eigenvalue weighted by Gasteiger charge is 2.37. The van der Waals surface area contributed by atoms with Gasteiger partial charge in [0, 0.05) is 6.42 Å². The first-order valence-corrected chi connectivity index (χ1v) is 6.64. The van der Waals surface area contributed by atoms with Gasteiger partial charge in [0.1, 0.15) is 6.04 Å². The van der Waals surface area contributed by atoms with E-state index in [2.05, 4.69) is 5.32 Å². The molecule has 1 aliphatic rings. The number of amides is 1. The summed E-state index contributed by atoms with van der Waals surface area (Å²) in [4.78, 5) is 22.8. The molecule has 19 heavy (non-hydrogen) atoms. The second kappa shape index (κ2) is 5.87. The maximum Gasteiger partial charge on any atom is 0.326 e. The van der Waals surface area contributed by atoms with Crippen molar-refractivity contribution in [3.63, 3.8) is 0 Å². The lowest BCUT2D eigenvalue weighted by Gasteiger charge is -2.13. The van der Waals surface area contributed by atoms with Crippen molar-refractivity contribution in [1.29, 1.82) is 0 Å². The molecule has 2 rings (SSSR count). The molecule has 1 fully saturated rings. The van der Waals surface area contributed by atoms with Crippen molar-refractivity contribution in [2.75, 3.05) is 0 Å². The zero-order chi connectivity index (χ0) is 13.8. The predicted molar refractivity (Wildman–Crippen MR) is 71.8 cm³/mol. The number of hydrogen-bond donors (Lipinski definition) is 2. The molecular formula is C15H19NO3. The van der Waals surface area contributed by atoms with E-state index in [-0.39, 0.29) is 11.8 Å². The van der Waals surface area contributed by atoms with Crippen LogP contribution in [0.1, 0.15) is 30.4 Å². The van der Waals surface area contributed by atoms with E-state index < -0.39 is 12.0 Å². The van der Waals surface area contributed by atoms with Gasteiger partial charge in [0.2, 0.25) is 5.91 Å². The fourth-order valence-corrected chi connectivity index (χ4v) is 2.07. The Morgan fingerprint density at radius 3 is 2.47 bits per heavy atom. The van der Waals surface area contributed by atoms with Gasteiger partial charge in [0.05, 0.1) is 0 Å². The van der Waals surface area contributed by atoms with Crippen molar-refractivity contribution in [2.24, 2.45) is 5.92 Å². The van der Waals surface area contributed by atoms with Crippen LogP contribution in [0.15, 0.2) is 24.3 Å². The number of carboxylic acid groups (broad SMARTS) is 1. The van der Waals surface area contributed by atoms with Crippen molar-refractivity contribution in [1.82, 2.24) is 5.32 Å². The molecule has 0 spiro atoms. The Labute approximate surface area is 112 Å². The van der Waals surface area contributed by atoms with Gasteiger partial charge in [0.25, 0.3) is 0 Å². The molecule has 1 amide bonds. The number of benzene rings is 1. The van der Waals surface area contributed by atoms with Crippen LogP contribution in [0.25, 0.3) is 0 Å². The third kappa shape index (κ3) is 4.09. The Bertz CT molecular complexity index is 463. The number of nitrogens with one attached hydrogen (secondary N) is 1. The molecule has 0 aliphatic heterocycles. The Kier molecular flexibility index (Phi) is 4.20. The van der Waals surface area contributed by atoms with E-state index in [9.17, 15) is 9.59 Å². The van der Waals surface area contributed by atoms with Crippen LogP contribution >= 0.6 is 0 Å².